The van der Waals surface area contributed by atoms with Gasteiger partial charge in [0.15, 0.2) is 0 Å². The second-order valence-corrected chi connectivity index (χ2v) is 7.08. The Morgan fingerprint density at radius 2 is 1.79 bits per heavy atom. The first-order valence-corrected chi connectivity index (χ1v) is 9.02. The summed E-state index contributed by atoms with van der Waals surface area (Å²) in [6.45, 7) is 0.621. The molecule has 0 radical (unpaired) electrons. The molecule has 3 rings (SSSR count). The van der Waals surface area contributed by atoms with Crippen LogP contribution in [0.2, 0.25) is 5.02 Å². The predicted molar refractivity (Wildman–Crippen MR) is 100 cm³/mol. The van der Waals surface area contributed by atoms with Gasteiger partial charge >= 0.3 is 12.2 Å². The van der Waals surface area contributed by atoms with Crippen molar-refractivity contribution in [1.82, 2.24) is 4.90 Å². The zero-order chi connectivity index (χ0) is 20.4. The van der Waals surface area contributed by atoms with Crippen molar-refractivity contribution in [2.75, 3.05) is 18.4 Å². The topological polar surface area (TPSA) is 56.1 Å². The Balaban J connectivity index is 1.70. The maximum absolute atomic E-state index is 12.9. The summed E-state index contributed by atoms with van der Waals surface area (Å²) in [5.74, 6) is 0. The number of hydrogen-bond acceptors (Lipinski definition) is 2. The molecule has 4 nitrogen and oxygen atoms in total. The lowest BCUT2D eigenvalue weighted by Crippen LogP contribution is -2.46. The van der Waals surface area contributed by atoms with Gasteiger partial charge < -0.3 is 10.2 Å². The van der Waals surface area contributed by atoms with Gasteiger partial charge in [0.25, 0.3) is 0 Å². The van der Waals surface area contributed by atoms with Gasteiger partial charge in [-0.2, -0.15) is 18.4 Å². The summed E-state index contributed by atoms with van der Waals surface area (Å²) in [5, 5.41) is 12.2. The molecule has 0 spiro atoms. The van der Waals surface area contributed by atoms with Crippen LogP contribution in [0.4, 0.5) is 23.7 Å². The minimum atomic E-state index is -4.53. The van der Waals surface area contributed by atoms with E-state index in [2.05, 4.69) is 11.4 Å². The molecule has 0 atom stereocenters. The molecule has 1 N–H and O–H groups in total. The highest BCUT2D eigenvalue weighted by atomic mass is 35.5. The van der Waals surface area contributed by atoms with Crippen LogP contribution in [0.25, 0.3) is 0 Å². The van der Waals surface area contributed by atoms with Gasteiger partial charge in [-0.05, 0) is 36.6 Å². The Kier molecular flexibility index (Phi) is 5.52. The smallest absolute Gasteiger partial charge is 0.324 e. The van der Waals surface area contributed by atoms with Gasteiger partial charge in [-0.25, -0.2) is 4.79 Å². The number of anilines is 1. The van der Waals surface area contributed by atoms with Crippen LogP contribution in [-0.4, -0.2) is 24.0 Å². The zero-order valence-corrected chi connectivity index (χ0v) is 15.5. The number of nitrogens with one attached hydrogen (secondary N) is 1. The molecule has 0 aliphatic carbocycles. The van der Waals surface area contributed by atoms with Crippen LogP contribution in [0.5, 0.6) is 0 Å². The average molecular weight is 408 g/mol. The van der Waals surface area contributed by atoms with Crippen LogP contribution in [0.1, 0.15) is 24.0 Å². The predicted octanol–water partition coefficient (Wildman–Crippen LogP) is 5.45. The van der Waals surface area contributed by atoms with E-state index in [-0.39, 0.29) is 10.7 Å². The number of rotatable bonds is 2. The minimum absolute atomic E-state index is 0.0222. The molecule has 2 aromatic rings. The lowest BCUT2D eigenvalue weighted by atomic mass is 9.74. The van der Waals surface area contributed by atoms with E-state index in [9.17, 15) is 23.2 Å². The third-order valence-electron chi connectivity index (χ3n) is 4.98. The van der Waals surface area contributed by atoms with Crippen molar-refractivity contribution >= 4 is 23.3 Å². The van der Waals surface area contributed by atoms with Gasteiger partial charge in [0.1, 0.15) is 0 Å². The number of piperidine rings is 1. The van der Waals surface area contributed by atoms with E-state index in [1.54, 1.807) is 0 Å². The Labute approximate surface area is 165 Å². The number of nitriles is 1. The zero-order valence-electron chi connectivity index (χ0n) is 14.8. The molecule has 1 fully saturated rings. The van der Waals surface area contributed by atoms with Crippen LogP contribution in [-0.2, 0) is 11.6 Å². The first kappa shape index (κ1) is 20.0. The third-order valence-corrected chi connectivity index (χ3v) is 5.31. The summed E-state index contributed by atoms with van der Waals surface area (Å²) >= 11 is 5.93. The number of likely N-dealkylation sites (tertiary alicyclic amines) is 1. The lowest BCUT2D eigenvalue weighted by molar-refractivity contribution is -0.137. The van der Waals surface area contributed by atoms with E-state index in [0.29, 0.717) is 25.9 Å². The van der Waals surface area contributed by atoms with Crippen molar-refractivity contribution in [3.63, 3.8) is 0 Å². The van der Waals surface area contributed by atoms with Gasteiger partial charge in [-0.3, -0.25) is 0 Å². The van der Waals surface area contributed by atoms with E-state index >= 15 is 0 Å². The summed E-state index contributed by atoms with van der Waals surface area (Å²) in [6.07, 6.45) is -3.65. The molecule has 1 heterocycles. The summed E-state index contributed by atoms with van der Waals surface area (Å²) in [6, 6.07) is 14.0. The molecule has 0 unspecified atom stereocenters. The van der Waals surface area contributed by atoms with Crippen molar-refractivity contribution in [3.05, 3.63) is 64.7 Å². The standard InChI is InChI=1S/C20H17ClF3N3O/c21-16-7-6-15(20(22,23)24)12-17(16)26-18(28)27-10-8-19(13-25,9-11-27)14-4-2-1-3-5-14/h1-7,12H,8-11H2,(H,26,28). The van der Waals surface area contributed by atoms with Crippen molar-refractivity contribution in [3.8, 4) is 6.07 Å². The number of nitrogens with zero attached hydrogens (tertiary/aromatic N) is 2. The molecule has 1 aliphatic heterocycles. The van der Waals surface area contributed by atoms with Gasteiger partial charge in [0, 0.05) is 13.1 Å². The van der Waals surface area contributed by atoms with Gasteiger partial charge in [-0.15, -0.1) is 0 Å². The number of urea groups is 1. The molecule has 1 aliphatic rings. The number of alkyl halides is 3. The second kappa shape index (κ2) is 7.72. The fourth-order valence-electron chi connectivity index (χ4n) is 3.31. The quantitative estimate of drug-likeness (QED) is 0.719. The minimum Gasteiger partial charge on any atom is -0.324 e. The van der Waals surface area contributed by atoms with Crippen LogP contribution in [0.3, 0.4) is 0 Å². The van der Waals surface area contributed by atoms with E-state index in [4.69, 9.17) is 11.6 Å². The van der Waals surface area contributed by atoms with Crippen LogP contribution in [0.15, 0.2) is 48.5 Å². The van der Waals surface area contributed by atoms with Crippen molar-refractivity contribution in [2.45, 2.75) is 24.4 Å². The van der Waals surface area contributed by atoms with Crippen LogP contribution < -0.4 is 5.32 Å². The Morgan fingerprint density at radius 3 is 2.36 bits per heavy atom. The SMILES string of the molecule is N#CC1(c2ccccc2)CCN(C(=O)Nc2cc(C(F)(F)F)ccc2Cl)CC1. The normalized spacial score (nSPS) is 16.3. The Hall–Kier alpha value is -2.72. The van der Waals surface area contributed by atoms with Crippen LogP contribution in [0, 0.1) is 11.3 Å². The number of carbonyl (C=O) groups is 1. The highest BCUT2D eigenvalue weighted by Crippen LogP contribution is 2.36. The van der Waals surface area contributed by atoms with Crippen molar-refractivity contribution < 1.29 is 18.0 Å². The summed E-state index contributed by atoms with van der Waals surface area (Å²) < 4.78 is 38.6. The lowest BCUT2D eigenvalue weighted by Gasteiger charge is -2.37. The molecule has 8 heteroatoms. The molecule has 0 aromatic heterocycles. The largest absolute Gasteiger partial charge is 0.416 e. The monoisotopic (exact) mass is 407 g/mol. The molecular formula is C20H17ClF3N3O. The van der Waals surface area contributed by atoms with Crippen LogP contribution >= 0.6 is 11.6 Å². The average Bonchev–Trinajstić information content (AvgIpc) is 2.69. The third kappa shape index (κ3) is 4.07. The molecule has 2 aromatic carbocycles. The summed E-state index contributed by atoms with van der Waals surface area (Å²) in [5.41, 5.74) is -0.759. The first-order valence-electron chi connectivity index (χ1n) is 8.65. The first-order chi connectivity index (χ1) is 13.2. The van der Waals surface area contributed by atoms with Crippen molar-refractivity contribution in [2.24, 2.45) is 0 Å². The number of amides is 2. The molecule has 146 valence electrons. The highest BCUT2D eigenvalue weighted by Gasteiger charge is 2.38. The molecule has 2 amide bonds. The molecule has 0 bridgehead atoms. The molecular weight excluding hydrogens is 391 g/mol. The highest BCUT2D eigenvalue weighted by molar-refractivity contribution is 6.33. The summed E-state index contributed by atoms with van der Waals surface area (Å²) in [7, 11) is 0. The van der Waals surface area contributed by atoms with E-state index in [0.717, 1.165) is 23.8 Å². The fourth-order valence-corrected chi connectivity index (χ4v) is 3.47. The van der Waals surface area contributed by atoms with E-state index < -0.39 is 23.2 Å². The second-order valence-electron chi connectivity index (χ2n) is 6.67. The molecule has 0 saturated carbocycles. The Morgan fingerprint density at radius 1 is 1.14 bits per heavy atom. The Bertz CT molecular complexity index is 901. The number of hydrogen-bond donors (Lipinski definition) is 1. The maximum atomic E-state index is 12.9. The number of carbonyl (C=O) groups excluding carboxylic acids is 1. The molecule has 28 heavy (non-hydrogen) atoms. The fraction of sp³-hybridized carbons (Fsp3) is 0.300. The summed E-state index contributed by atoms with van der Waals surface area (Å²) in [4.78, 5) is 14.0. The van der Waals surface area contributed by atoms with Gasteiger partial charge in [0.2, 0.25) is 0 Å². The van der Waals surface area contributed by atoms with E-state index in [1.807, 2.05) is 30.3 Å². The van der Waals surface area contributed by atoms with Gasteiger partial charge in [0.05, 0.1) is 27.8 Å². The van der Waals surface area contributed by atoms with Gasteiger partial charge in [-0.1, -0.05) is 41.9 Å². The maximum Gasteiger partial charge on any atom is 0.416 e. The van der Waals surface area contributed by atoms with E-state index in [1.165, 1.54) is 4.90 Å². The van der Waals surface area contributed by atoms with Crippen molar-refractivity contribution in [1.29, 1.82) is 5.26 Å². The molecule has 1 saturated heterocycles. The number of halogens is 4. The number of benzene rings is 2.